The van der Waals surface area contributed by atoms with Gasteiger partial charge in [0.1, 0.15) is 22.7 Å². The zero-order chi connectivity index (χ0) is 18.2. The van der Waals surface area contributed by atoms with E-state index >= 15 is 0 Å². The van der Waals surface area contributed by atoms with Gasteiger partial charge in [-0.1, -0.05) is 37.3 Å². The summed E-state index contributed by atoms with van der Waals surface area (Å²) in [5.74, 6) is -0.722. The van der Waals surface area contributed by atoms with Crippen LogP contribution >= 0.6 is 0 Å². The molecule has 24 heavy (non-hydrogen) atoms. The van der Waals surface area contributed by atoms with E-state index in [0.29, 0.717) is 11.8 Å². The van der Waals surface area contributed by atoms with Crippen LogP contribution in [0.4, 0.5) is 4.79 Å². The van der Waals surface area contributed by atoms with Crippen molar-refractivity contribution < 1.29 is 22.7 Å². The first-order valence-corrected chi connectivity index (χ1v) is 9.53. The van der Waals surface area contributed by atoms with E-state index in [0.717, 1.165) is 0 Å². The Kier molecular flexibility index (Phi) is 4.77. The summed E-state index contributed by atoms with van der Waals surface area (Å²) in [6, 6.07) is 8.85. The highest BCUT2D eigenvalue weighted by Gasteiger charge is 2.72. The minimum absolute atomic E-state index is 0.105. The Bertz CT molecular complexity index is 723. The third kappa shape index (κ3) is 3.45. The van der Waals surface area contributed by atoms with Gasteiger partial charge in [-0.25, -0.2) is 13.2 Å². The lowest BCUT2D eigenvalue weighted by atomic mass is 10.1. The summed E-state index contributed by atoms with van der Waals surface area (Å²) in [6.45, 7) is 6.62. The lowest BCUT2D eigenvalue weighted by Crippen LogP contribution is -2.45. The standard InChI is InChI=1S/C17H23NO5S/c1-5-24(21,22)14-13(12-9-7-6-8-10-12)17(14,11-19)18-15(20)23-16(2,3)4/h6-11,13-14H,5H2,1-4H3,(H,18,20)/t13-,14-,17+/m0/s1. The van der Waals surface area contributed by atoms with Crippen molar-refractivity contribution >= 4 is 22.2 Å². The molecular weight excluding hydrogens is 330 g/mol. The zero-order valence-corrected chi connectivity index (χ0v) is 15.1. The molecule has 1 saturated carbocycles. The number of ether oxygens (including phenoxy) is 1. The van der Waals surface area contributed by atoms with Gasteiger partial charge < -0.3 is 14.8 Å². The van der Waals surface area contributed by atoms with E-state index in [1.807, 2.05) is 0 Å². The number of carbonyl (C=O) groups excluding carboxylic acids is 2. The molecule has 7 heteroatoms. The summed E-state index contributed by atoms with van der Waals surface area (Å²) in [6.07, 6.45) is -0.281. The predicted molar refractivity (Wildman–Crippen MR) is 90.6 cm³/mol. The van der Waals surface area contributed by atoms with E-state index in [1.54, 1.807) is 51.1 Å². The lowest BCUT2D eigenvalue weighted by molar-refractivity contribution is -0.110. The van der Waals surface area contributed by atoms with Crippen LogP contribution in [-0.2, 0) is 19.4 Å². The molecule has 0 unspecified atom stereocenters. The molecule has 0 aromatic heterocycles. The number of alkyl carbamates (subject to hydrolysis) is 1. The molecule has 3 atom stereocenters. The maximum absolute atomic E-state index is 12.4. The van der Waals surface area contributed by atoms with Gasteiger partial charge in [-0.15, -0.1) is 0 Å². The number of aldehydes is 1. The van der Waals surface area contributed by atoms with E-state index in [9.17, 15) is 18.0 Å². The number of hydrogen-bond donors (Lipinski definition) is 1. The number of hydrogen-bond acceptors (Lipinski definition) is 5. The molecule has 0 spiro atoms. The van der Waals surface area contributed by atoms with Gasteiger partial charge in [0.05, 0.1) is 0 Å². The minimum Gasteiger partial charge on any atom is -0.444 e. The van der Waals surface area contributed by atoms with Gasteiger partial charge in [0.25, 0.3) is 0 Å². The summed E-state index contributed by atoms with van der Waals surface area (Å²) in [5.41, 5.74) is -1.54. The monoisotopic (exact) mass is 353 g/mol. The van der Waals surface area contributed by atoms with Crippen LogP contribution in [0.25, 0.3) is 0 Å². The summed E-state index contributed by atoms with van der Waals surface area (Å²) in [4.78, 5) is 23.9. The van der Waals surface area contributed by atoms with Crippen LogP contribution in [0.3, 0.4) is 0 Å². The fraction of sp³-hybridized carbons (Fsp3) is 0.529. The Labute approximate surface area is 142 Å². The Morgan fingerprint density at radius 2 is 1.88 bits per heavy atom. The summed E-state index contributed by atoms with van der Waals surface area (Å²) >= 11 is 0. The van der Waals surface area contributed by atoms with Crippen molar-refractivity contribution in [2.75, 3.05) is 5.75 Å². The van der Waals surface area contributed by atoms with Crippen molar-refractivity contribution in [1.82, 2.24) is 5.32 Å². The largest absolute Gasteiger partial charge is 0.444 e. The molecule has 0 aliphatic heterocycles. The number of benzene rings is 1. The van der Waals surface area contributed by atoms with Crippen molar-refractivity contribution in [2.24, 2.45) is 0 Å². The molecule has 0 saturated heterocycles. The van der Waals surface area contributed by atoms with E-state index in [-0.39, 0.29) is 5.75 Å². The molecule has 1 aliphatic rings. The first-order chi connectivity index (χ1) is 11.1. The molecule has 1 amide bonds. The number of carbonyl (C=O) groups is 2. The highest BCUT2D eigenvalue weighted by molar-refractivity contribution is 7.92. The number of rotatable bonds is 5. The third-order valence-corrected chi connectivity index (χ3v) is 6.28. The number of nitrogens with one attached hydrogen (secondary N) is 1. The molecule has 132 valence electrons. The Morgan fingerprint density at radius 1 is 1.29 bits per heavy atom. The molecule has 0 heterocycles. The highest BCUT2D eigenvalue weighted by Crippen LogP contribution is 2.55. The first kappa shape index (κ1) is 18.4. The average Bonchev–Trinajstić information content (AvgIpc) is 3.16. The molecule has 2 rings (SSSR count). The summed E-state index contributed by atoms with van der Waals surface area (Å²) in [7, 11) is -3.53. The van der Waals surface area contributed by atoms with Crippen molar-refractivity contribution in [3.63, 3.8) is 0 Å². The molecule has 6 nitrogen and oxygen atoms in total. The van der Waals surface area contributed by atoms with Crippen LogP contribution < -0.4 is 5.32 Å². The van der Waals surface area contributed by atoms with Gasteiger partial charge in [0, 0.05) is 11.7 Å². The fourth-order valence-corrected chi connectivity index (χ4v) is 4.90. The van der Waals surface area contributed by atoms with Gasteiger partial charge in [0.15, 0.2) is 9.84 Å². The second kappa shape index (κ2) is 6.20. The number of amides is 1. The van der Waals surface area contributed by atoms with Gasteiger partial charge in [0.2, 0.25) is 0 Å². The van der Waals surface area contributed by atoms with Crippen LogP contribution in [0, 0.1) is 0 Å². The van der Waals surface area contributed by atoms with E-state index in [1.165, 1.54) is 6.92 Å². The Hall–Kier alpha value is -1.89. The van der Waals surface area contributed by atoms with Gasteiger partial charge >= 0.3 is 6.09 Å². The van der Waals surface area contributed by atoms with Crippen molar-refractivity contribution in [3.8, 4) is 0 Å². The van der Waals surface area contributed by atoms with Crippen molar-refractivity contribution in [1.29, 1.82) is 0 Å². The van der Waals surface area contributed by atoms with E-state index in [2.05, 4.69) is 5.32 Å². The van der Waals surface area contributed by atoms with Gasteiger partial charge in [-0.05, 0) is 26.3 Å². The van der Waals surface area contributed by atoms with Gasteiger partial charge in [-0.2, -0.15) is 0 Å². The normalized spacial score (nSPS) is 26.5. The molecule has 1 N–H and O–H groups in total. The van der Waals surface area contributed by atoms with Crippen LogP contribution in [-0.4, -0.2) is 42.9 Å². The van der Waals surface area contributed by atoms with E-state index < -0.39 is 38.2 Å². The molecule has 1 aromatic carbocycles. The minimum atomic E-state index is -3.53. The lowest BCUT2D eigenvalue weighted by Gasteiger charge is -2.22. The first-order valence-electron chi connectivity index (χ1n) is 7.81. The van der Waals surface area contributed by atoms with Crippen LogP contribution in [0.1, 0.15) is 39.2 Å². The maximum Gasteiger partial charge on any atom is 0.408 e. The number of sulfone groups is 1. The molecule has 1 fully saturated rings. The van der Waals surface area contributed by atoms with Crippen molar-refractivity contribution in [3.05, 3.63) is 35.9 Å². The summed E-state index contributed by atoms with van der Waals surface area (Å²) in [5, 5.41) is 1.52. The predicted octanol–water partition coefficient (Wildman–Crippen LogP) is 2.05. The van der Waals surface area contributed by atoms with Crippen molar-refractivity contribution in [2.45, 2.75) is 50.0 Å². The topological polar surface area (TPSA) is 89.5 Å². The Balaban J connectivity index is 2.38. The average molecular weight is 353 g/mol. The quantitative estimate of drug-likeness (QED) is 0.818. The maximum atomic E-state index is 12.4. The van der Waals surface area contributed by atoms with Crippen LogP contribution in [0.5, 0.6) is 0 Å². The fourth-order valence-electron chi connectivity index (χ4n) is 2.97. The van der Waals surface area contributed by atoms with Crippen LogP contribution in [0.2, 0.25) is 0 Å². The summed E-state index contributed by atoms with van der Waals surface area (Å²) < 4.78 is 30.1. The second-order valence-corrected chi connectivity index (χ2v) is 9.35. The molecule has 1 aromatic rings. The molecular formula is C17H23NO5S. The van der Waals surface area contributed by atoms with E-state index in [4.69, 9.17) is 4.74 Å². The molecule has 0 radical (unpaired) electrons. The smallest absolute Gasteiger partial charge is 0.408 e. The highest BCUT2D eigenvalue weighted by atomic mass is 32.2. The molecule has 1 aliphatic carbocycles. The molecule has 0 bridgehead atoms. The van der Waals surface area contributed by atoms with Crippen LogP contribution in [0.15, 0.2) is 30.3 Å². The second-order valence-electron chi connectivity index (χ2n) is 6.94. The van der Waals surface area contributed by atoms with Gasteiger partial charge in [-0.3, -0.25) is 0 Å². The Morgan fingerprint density at radius 3 is 2.33 bits per heavy atom. The SMILES string of the molecule is CCS(=O)(=O)[C@H]1[C@H](c2ccccc2)[C@@]1(C=O)NC(=O)OC(C)(C)C. The zero-order valence-electron chi connectivity index (χ0n) is 14.3. The third-order valence-electron chi connectivity index (χ3n) is 4.04.